The minimum Gasteiger partial charge on any atom is -0.349 e. The first-order chi connectivity index (χ1) is 29.2. The van der Waals surface area contributed by atoms with Crippen LogP contribution in [0.4, 0.5) is 58.4 Å². The van der Waals surface area contributed by atoms with E-state index < -0.39 is 35.1 Å². The maximum Gasteiger partial charge on any atom is 0.419 e. The smallest absolute Gasteiger partial charge is 0.349 e. The van der Waals surface area contributed by atoms with E-state index >= 15 is 0 Å². The van der Waals surface area contributed by atoms with Crippen molar-refractivity contribution in [1.29, 1.82) is 0 Å². The SMILES string of the molecule is CC(=O)CCCn1nc(Nc2ccc(F)c(C(F)(F)F)c2)nc1-c1ccnc(C)c1.Cc1cc(-c2nc(Nc3ccc(F)c(C(F)(F)F)c3)nn2CCCC(=O)N(C)C)ccn1. The first kappa shape index (κ1) is 46.3. The zero-order valence-corrected chi connectivity index (χ0v) is 34.0. The molecule has 2 aromatic carbocycles. The number of aromatic nitrogens is 8. The van der Waals surface area contributed by atoms with Crippen LogP contribution in [0.5, 0.6) is 0 Å². The number of amides is 1. The molecule has 21 heteroatoms. The van der Waals surface area contributed by atoms with E-state index in [-0.39, 0.29) is 35.0 Å². The van der Waals surface area contributed by atoms with Gasteiger partial charge in [0.15, 0.2) is 11.6 Å². The highest BCUT2D eigenvalue weighted by Crippen LogP contribution is 2.35. The molecule has 2 N–H and O–H groups in total. The van der Waals surface area contributed by atoms with Gasteiger partial charge in [0.2, 0.25) is 17.8 Å². The summed E-state index contributed by atoms with van der Waals surface area (Å²) in [7, 11) is 3.34. The number of alkyl halides is 6. The summed E-state index contributed by atoms with van der Waals surface area (Å²) >= 11 is 0. The Hall–Kier alpha value is -6.80. The van der Waals surface area contributed by atoms with Crippen molar-refractivity contribution in [3.63, 3.8) is 0 Å². The van der Waals surface area contributed by atoms with Gasteiger partial charge in [0.05, 0.1) is 11.1 Å². The molecule has 13 nitrogen and oxygen atoms in total. The molecule has 6 rings (SSSR count). The molecule has 4 heterocycles. The molecule has 4 aromatic heterocycles. The van der Waals surface area contributed by atoms with E-state index in [0.717, 1.165) is 29.1 Å². The van der Waals surface area contributed by atoms with Crippen LogP contribution in [-0.4, -0.2) is 70.2 Å². The summed E-state index contributed by atoms with van der Waals surface area (Å²) in [5, 5.41) is 14.1. The van der Waals surface area contributed by atoms with E-state index in [1.165, 1.54) is 24.0 Å². The van der Waals surface area contributed by atoms with Crippen LogP contribution in [0.25, 0.3) is 22.8 Å². The molecule has 0 saturated carbocycles. The number of nitrogens with zero attached hydrogens (tertiary/aromatic N) is 9. The molecule has 0 atom stereocenters. The predicted octanol–water partition coefficient (Wildman–Crippen LogP) is 9.34. The van der Waals surface area contributed by atoms with Gasteiger partial charge in [0.25, 0.3) is 0 Å². The van der Waals surface area contributed by atoms with Crippen LogP contribution in [0.3, 0.4) is 0 Å². The van der Waals surface area contributed by atoms with Gasteiger partial charge in [-0.1, -0.05) is 0 Å². The molecule has 328 valence electrons. The molecule has 1 amide bonds. The van der Waals surface area contributed by atoms with Crippen molar-refractivity contribution >= 4 is 35.0 Å². The normalized spacial score (nSPS) is 11.5. The van der Waals surface area contributed by atoms with Crippen LogP contribution in [0, 0.1) is 25.5 Å². The molecule has 0 radical (unpaired) electrons. The fourth-order valence-electron chi connectivity index (χ4n) is 5.88. The van der Waals surface area contributed by atoms with Gasteiger partial charge in [-0.25, -0.2) is 18.1 Å². The minimum atomic E-state index is -4.83. The third-order valence-corrected chi connectivity index (χ3v) is 8.87. The summed E-state index contributed by atoms with van der Waals surface area (Å²) in [6.45, 7) is 5.88. The average Bonchev–Trinajstić information content (AvgIpc) is 3.78. The van der Waals surface area contributed by atoms with Crippen LogP contribution in [0.2, 0.25) is 0 Å². The standard InChI is InChI=1S/C21H22F4N6O.C20H19F4N5O/c1-13-11-14(8-9-26-13)19-28-20(29-31(19)10-4-5-18(32)30(2)3)27-15-6-7-17(22)16(12-15)21(23,24)25;1-12-10-14(7-8-25-12)18-27-19(28-29(18)9-3-4-13(2)30)26-15-5-6-17(21)16(11-15)20(22,23)24/h6-9,11-12H,4-5,10H2,1-3H3,(H,27,29);5-8,10-11H,3-4,9H2,1-2H3,(H,26,28). The van der Waals surface area contributed by atoms with E-state index in [2.05, 4.69) is 40.8 Å². The highest BCUT2D eigenvalue weighted by molar-refractivity contribution is 5.75. The quantitative estimate of drug-likeness (QED) is 0.102. The lowest BCUT2D eigenvalue weighted by Crippen LogP contribution is -2.21. The van der Waals surface area contributed by atoms with Gasteiger partial charge in [-0.15, -0.1) is 10.2 Å². The summed E-state index contributed by atoms with van der Waals surface area (Å²) < 4.78 is 108. The van der Waals surface area contributed by atoms with E-state index in [9.17, 15) is 44.7 Å². The third kappa shape index (κ3) is 12.6. The van der Waals surface area contributed by atoms with Gasteiger partial charge in [0, 0.05) is 86.3 Å². The number of pyridine rings is 2. The van der Waals surface area contributed by atoms with Gasteiger partial charge in [-0.05, 0) is 94.3 Å². The molecule has 0 fully saturated rings. The van der Waals surface area contributed by atoms with Crippen LogP contribution >= 0.6 is 0 Å². The van der Waals surface area contributed by atoms with Crippen molar-refractivity contribution in [1.82, 2.24) is 44.4 Å². The summed E-state index contributed by atoms with van der Waals surface area (Å²) in [5.41, 5.74) is 0.190. The number of rotatable bonds is 14. The van der Waals surface area contributed by atoms with E-state index in [0.29, 0.717) is 68.1 Å². The van der Waals surface area contributed by atoms with Crippen molar-refractivity contribution in [2.45, 2.75) is 71.9 Å². The summed E-state index contributed by atoms with van der Waals surface area (Å²) in [6.07, 6.45) is -4.73. The van der Waals surface area contributed by atoms with Gasteiger partial charge in [-0.3, -0.25) is 14.8 Å². The lowest BCUT2D eigenvalue weighted by molar-refractivity contribution is -0.140. The Kier molecular flexibility index (Phi) is 14.7. The van der Waals surface area contributed by atoms with Crippen LogP contribution in [0.15, 0.2) is 73.1 Å². The van der Waals surface area contributed by atoms with Gasteiger partial charge in [0.1, 0.15) is 17.4 Å². The molecule has 62 heavy (non-hydrogen) atoms. The second-order valence-electron chi connectivity index (χ2n) is 14.2. The largest absolute Gasteiger partial charge is 0.419 e. The zero-order chi connectivity index (χ0) is 45.4. The average molecular weight is 872 g/mol. The second-order valence-corrected chi connectivity index (χ2v) is 14.2. The molecule has 0 unspecified atom stereocenters. The summed E-state index contributed by atoms with van der Waals surface area (Å²) in [5.74, 6) is -1.66. The van der Waals surface area contributed by atoms with Crippen LogP contribution in [-0.2, 0) is 35.0 Å². The number of Topliss-reactive ketones (excluding diaryl/α,β-unsaturated/α-hetero) is 1. The Balaban J connectivity index is 0.000000235. The lowest BCUT2D eigenvalue weighted by Gasteiger charge is -2.10. The molecule has 0 saturated heterocycles. The maximum absolute atomic E-state index is 13.6. The molecule has 0 aliphatic rings. The summed E-state index contributed by atoms with van der Waals surface area (Å²) in [6, 6.07) is 12.2. The van der Waals surface area contributed by atoms with Crippen molar-refractivity contribution in [2.24, 2.45) is 0 Å². The number of anilines is 4. The molecule has 0 bridgehead atoms. The van der Waals surface area contributed by atoms with Crippen molar-refractivity contribution in [3.8, 4) is 22.8 Å². The molecule has 0 spiro atoms. The van der Waals surface area contributed by atoms with Crippen molar-refractivity contribution in [2.75, 3.05) is 24.7 Å². The fourth-order valence-corrected chi connectivity index (χ4v) is 5.88. The fraction of sp³-hybridized carbons (Fsp3) is 0.317. The Morgan fingerprint density at radius 3 is 1.44 bits per heavy atom. The maximum atomic E-state index is 13.6. The number of nitrogens with one attached hydrogen (secondary N) is 2. The molecule has 6 aromatic rings. The van der Waals surface area contributed by atoms with Crippen molar-refractivity contribution in [3.05, 3.63) is 107 Å². The van der Waals surface area contributed by atoms with Crippen molar-refractivity contribution < 1.29 is 44.7 Å². The van der Waals surface area contributed by atoms with Gasteiger partial charge < -0.3 is 20.3 Å². The monoisotopic (exact) mass is 871 g/mol. The number of hydrogen-bond donors (Lipinski definition) is 2. The van der Waals surface area contributed by atoms with E-state index in [1.807, 2.05) is 13.8 Å². The number of carbonyl (C=O) groups excluding carboxylic acids is 2. The molecule has 0 aliphatic carbocycles. The Morgan fingerprint density at radius 1 is 0.645 bits per heavy atom. The lowest BCUT2D eigenvalue weighted by atomic mass is 10.2. The first-order valence-electron chi connectivity index (χ1n) is 18.9. The van der Waals surface area contributed by atoms with Gasteiger partial charge in [-0.2, -0.15) is 36.3 Å². The molecular weight excluding hydrogens is 831 g/mol. The number of ketones is 1. The highest BCUT2D eigenvalue weighted by Gasteiger charge is 2.35. The predicted molar refractivity (Wildman–Crippen MR) is 213 cm³/mol. The number of carbonyl (C=O) groups is 2. The highest BCUT2D eigenvalue weighted by atomic mass is 19.4. The second kappa shape index (κ2) is 19.7. The van der Waals surface area contributed by atoms with E-state index in [4.69, 9.17) is 0 Å². The number of aryl methyl sites for hydroxylation is 4. The third-order valence-electron chi connectivity index (χ3n) is 8.87. The number of hydrogen-bond acceptors (Lipinski definition) is 10. The topological polar surface area (TPSA) is 149 Å². The zero-order valence-electron chi connectivity index (χ0n) is 34.0. The number of benzene rings is 2. The minimum absolute atomic E-state index is 0.00192. The molecule has 0 aliphatic heterocycles. The van der Waals surface area contributed by atoms with Gasteiger partial charge >= 0.3 is 12.4 Å². The Bertz CT molecular complexity index is 2520. The number of halogens is 8. The first-order valence-corrected chi connectivity index (χ1v) is 18.9. The van der Waals surface area contributed by atoms with E-state index in [1.54, 1.807) is 60.1 Å². The van der Waals surface area contributed by atoms with Crippen LogP contribution < -0.4 is 10.6 Å². The summed E-state index contributed by atoms with van der Waals surface area (Å²) in [4.78, 5) is 41.7. The Labute approximate surface area is 350 Å². The molecular formula is C41H41F8N11O2. The van der Waals surface area contributed by atoms with Crippen LogP contribution in [0.1, 0.15) is 55.1 Å². The Morgan fingerprint density at radius 2 is 1.06 bits per heavy atom.